The number of nitrogens with one attached hydrogen (secondary N) is 1. The van der Waals surface area contributed by atoms with Crippen molar-refractivity contribution < 1.29 is 13.2 Å². The van der Waals surface area contributed by atoms with Crippen LogP contribution in [0.1, 0.15) is 42.0 Å². The Balaban J connectivity index is 1.76. The van der Waals surface area contributed by atoms with Crippen LogP contribution in [-0.4, -0.2) is 20.9 Å². The molecule has 5 nitrogen and oxygen atoms in total. The fraction of sp³-hybridized carbons (Fsp3) is 0.269. The minimum Gasteiger partial charge on any atom is -0.324 e. The fourth-order valence-corrected chi connectivity index (χ4v) is 6.01. The highest BCUT2D eigenvalue weighted by Gasteiger charge is 2.36. The molecule has 0 atom stereocenters. The summed E-state index contributed by atoms with van der Waals surface area (Å²) in [6.45, 7) is 9.79. The Morgan fingerprint density at radius 3 is 2.25 bits per heavy atom. The Morgan fingerprint density at radius 2 is 1.59 bits per heavy atom. The largest absolute Gasteiger partial charge is 0.324 e. The molecule has 1 N–H and O–H groups in total. The number of benzene rings is 3. The molecule has 3 aromatic carbocycles. The van der Waals surface area contributed by atoms with Crippen LogP contribution in [0.25, 0.3) is 11.1 Å². The lowest BCUT2D eigenvalue weighted by Gasteiger charge is -2.32. The Labute approximate surface area is 190 Å². The van der Waals surface area contributed by atoms with Gasteiger partial charge >= 0.3 is 0 Å². The molecule has 1 aliphatic heterocycles. The molecule has 0 fully saturated rings. The third kappa shape index (κ3) is 3.79. The quantitative estimate of drug-likeness (QED) is 0.569. The van der Waals surface area contributed by atoms with Gasteiger partial charge in [-0.2, -0.15) is 0 Å². The zero-order valence-corrected chi connectivity index (χ0v) is 19.9. The Bertz CT molecular complexity index is 1300. The predicted octanol–water partition coefficient (Wildman–Crippen LogP) is 5.55. The smallest absolute Gasteiger partial charge is 0.265 e. The van der Waals surface area contributed by atoms with Crippen LogP contribution in [0.2, 0.25) is 0 Å². The Hall–Kier alpha value is -3.12. The molecular formula is C26H28N2O3S. The van der Waals surface area contributed by atoms with E-state index in [1.807, 2.05) is 63.2 Å². The first-order valence-electron chi connectivity index (χ1n) is 10.7. The lowest BCUT2D eigenvalue weighted by molar-refractivity contribution is -0.114. The second-order valence-electron chi connectivity index (χ2n) is 8.76. The van der Waals surface area contributed by atoms with E-state index in [2.05, 4.69) is 19.2 Å². The average Bonchev–Trinajstić information content (AvgIpc) is 2.73. The summed E-state index contributed by atoms with van der Waals surface area (Å²) in [4.78, 5) is 13.3. The molecule has 0 aliphatic carbocycles. The van der Waals surface area contributed by atoms with Gasteiger partial charge in [-0.05, 0) is 61.6 Å². The van der Waals surface area contributed by atoms with Gasteiger partial charge in [0.2, 0.25) is 5.91 Å². The maximum absolute atomic E-state index is 13.5. The van der Waals surface area contributed by atoms with Gasteiger partial charge < -0.3 is 5.32 Å². The van der Waals surface area contributed by atoms with Gasteiger partial charge in [-0.1, -0.05) is 55.8 Å². The normalized spacial score (nSPS) is 14.1. The van der Waals surface area contributed by atoms with Crippen LogP contribution in [0.15, 0.2) is 59.5 Å². The molecule has 0 aromatic heterocycles. The van der Waals surface area contributed by atoms with Crippen LogP contribution in [0, 0.1) is 20.8 Å². The average molecular weight is 449 g/mol. The van der Waals surface area contributed by atoms with Crippen molar-refractivity contribution in [1.29, 1.82) is 0 Å². The van der Waals surface area contributed by atoms with E-state index in [-0.39, 0.29) is 17.3 Å². The van der Waals surface area contributed by atoms with E-state index in [1.165, 1.54) is 4.31 Å². The summed E-state index contributed by atoms with van der Waals surface area (Å²) in [5.74, 6) is -0.0721. The van der Waals surface area contributed by atoms with Gasteiger partial charge in [-0.25, -0.2) is 8.42 Å². The highest BCUT2D eigenvalue weighted by atomic mass is 32.2. The number of nitrogens with zero attached hydrogens (tertiary/aromatic N) is 1. The van der Waals surface area contributed by atoms with Crippen LogP contribution >= 0.6 is 0 Å². The minimum absolute atomic E-state index is 0.226. The Kier molecular flexibility index (Phi) is 5.59. The van der Waals surface area contributed by atoms with Gasteiger partial charge in [0.25, 0.3) is 10.0 Å². The first-order chi connectivity index (χ1) is 15.1. The van der Waals surface area contributed by atoms with Crippen LogP contribution in [0.5, 0.6) is 0 Å². The summed E-state index contributed by atoms with van der Waals surface area (Å²) in [5, 5.41) is 2.93. The van der Waals surface area contributed by atoms with E-state index in [4.69, 9.17) is 0 Å². The molecule has 32 heavy (non-hydrogen) atoms. The molecule has 166 valence electrons. The molecule has 1 heterocycles. The van der Waals surface area contributed by atoms with Gasteiger partial charge in [0.15, 0.2) is 0 Å². The second kappa shape index (κ2) is 8.10. The van der Waals surface area contributed by atoms with Crippen molar-refractivity contribution in [2.24, 2.45) is 0 Å². The third-order valence-electron chi connectivity index (χ3n) is 5.93. The molecule has 4 rings (SSSR count). The first-order valence-corrected chi connectivity index (χ1v) is 12.2. The summed E-state index contributed by atoms with van der Waals surface area (Å²) < 4.78 is 28.2. The van der Waals surface area contributed by atoms with Crippen molar-refractivity contribution in [1.82, 2.24) is 0 Å². The number of carbonyl (C=O) groups excluding carboxylic acids is 1. The van der Waals surface area contributed by atoms with E-state index in [0.717, 1.165) is 33.5 Å². The number of fused-ring (bicyclic) bond motifs is 3. The van der Waals surface area contributed by atoms with Gasteiger partial charge in [0, 0.05) is 16.8 Å². The highest BCUT2D eigenvalue weighted by molar-refractivity contribution is 7.93. The van der Waals surface area contributed by atoms with Crippen molar-refractivity contribution in [2.45, 2.75) is 45.4 Å². The van der Waals surface area contributed by atoms with Crippen molar-refractivity contribution in [3.63, 3.8) is 0 Å². The number of hydrogen-bond donors (Lipinski definition) is 1. The molecule has 0 radical (unpaired) electrons. The van der Waals surface area contributed by atoms with Crippen molar-refractivity contribution in [2.75, 3.05) is 16.2 Å². The number of hydrogen-bond acceptors (Lipinski definition) is 3. The number of rotatable bonds is 4. The van der Waals surface area contributed by atoms with Crippen molar-refractivity contribution in [3.05, 3.63) is 76.9 Å². The maximum Gasteiger partial charge on any atom is 0.265 e. The topological polar surface area (TPSA) is 66.5 Å². The molecule has 0 spiro atoms. The molecule has 3 aromatic rings. The molecule has 0 saturated carbocycles. The summed E-state index contributed by atoms with van der Waals surface area (Å²) in [5.41, 5.74) is 6.89. The van der Waals surface area contributed by atoms with Gasteiger partial charge in [-0.3, -0.25) is 9.10 Å². The zero-order chi connectivity index (χ0) is 23.2. The number of aryl methyl sites for hydroxylation is 3. The van der Waals surface area contributed by atoms with Crippen LogP contribution in [-0.2, 0) is 14.8 Å². The Morgan fingerprint density at radius 1 is 0.938 bits per heavy atom. The maximum atomic E-state index is 13.5. The van der Waals surface area contributed by atoms with E-state index in [1.54, 1.807) is 12.1 Å². The second-order valence-corrected chi connectivity index (χ2v) is 10.6. The van der Waals surface area contributed by atoms with E-state index >= 15 is 0 Å². The van der Waals surface area contributed by atoms with E-state index in [9.17, 15) is 13.2 Å². The molecule has 0 bridgehead atoms. The number of carbonyl (C=O) groups is 1. The molecule has 0 saturated heterocycles. The molecule has 0 unspecified atom stereocenters. The lowest BCUT2D eigenvalue weighted by atomic mass is 9.95. The number of anilines is 2. The van der Waals surface area contributed by atoms with E-state index < -0.39 is 10.0 Å². The monoisotopic (exact) mass is 448 g/mol. The highest BCUT2D eigenvalue weighted by Crippen LogP contribution is 2.44. The van der Waals surface area contributed by atoms with Crippen molar-refractivity contribution >= 4 is 27.3 Å². The van der Waals surface area contributed by atoms with Gasteiger partial charge in [-0.15, -0.1) is 0 Å². The lowest BCUT2D eigenvalue weighted by Crippen LogP contribution is -2.40. The number of sulfonamides is 1. The predicted molar refractivity (Wildman–Crippen MR) is 130 cm³/mol. The van der Waals surface area contributed by atoms with Gasteiger partial charge in [0.05, 0.1) is 10.6 Å². The van der Waals surface area contributed by atoms with Crippen LogP contribution in [0.3, 0.4) is 0 Å². The van der Waals surface area contributed by atoms with Crippen LogP contribution in [0.4, 0.5) is 11.4 Å². The molecule has 6 heteroatoms. The molecule has 1 amide bonds. The standard InChI is InChI=1S/C26H28N2O3S/c1-16(2)20-10-11-23-22(14-20)21-8-6-7-9-24(21)32(30,31)28(23)15-25(29)27-26-18(4)12-17(3)13-19(26)5/h6-14,16H,15H2,1-5H3,(H,27,29). The zero-order valence-electron chi connectivity index (χ0n) is 19.1. The van der Waals surface area contributed by atoms with Gasteiger partial charge in [0.1, 0.15) is 6.54 Å². The summed E-state index contributed by atoms with van der Waals surface area (Å²) in [7, 11) is -3.87. The fourth-order valence-electron chi connectivity index (χ4n) is 4.36. The summed E-state index contributed by atoms with van der Waals surface area (Å²) in [6, 6.07) is 16.8. The first kappa shape index (κ1) is 22.1. The number of amides is 1. The van der Waals surface area contributed by atoms with Crippen LogP contribution < -0.4 is 9.62 Å². The van der Waals surface area contributed by atoms with Crippen molar-refractivity contribution in [3.8, 4) is 11.1 Å². The SMILES string of the molecule is Cc1cc(C)c(NC(=O)CN2c3ccc(C(C)C)cc3-c3ccccc3S2(=O)=O)c(C)c1. The summed E-state index contributed by atoms with van der Waals surface area (Å²) >= 11 is 0. The summed E-state index contributed by atoms with van der Waals surface area (Å²) in [6.07, 6.45) is 0. The molecule has 1 aliphatic rings. The third-order valence-corrected chi connectivity index (χ3v) is 7.75. The van der Waals surface area contributed by atoms with E-state index in [0.29, 0.717) is 17.2 Å². The minimum atomic E-state index is -3.87. The molecular weight excluding hydrogens is 420 g/mol.